The standard InChI is InChI=1S/C13H20N2/c1-2-8-14-10-13-12-6-4-3-5-11(12)7-9-15-13/h3-6,13-15H,2,7-10H2,1H3. The van der Waals surface area contributed by atoms with Gasteiger partial charge in [0.25, 0.3) is 0 Å². The fourth-order valence-corrected chi connectivity index (χ4v) is 2.20. The van der Waals surface area contributed by atoms with Crippen LogP contribution in [0.1, 0.15) is 30.5 Å². The Hall–Kier alpha value is -0.860. The van der Waals surface area contributed by atoms with E-state index in [-0.39, 0.29) is 0 Å². The molecule has 0 saturated carbocycles. The molecule has 1 atom stereocenters. The summed E-state index contributed by atoms with van der Waals surface area (Å²) in [7, 11) is 0. The number of hydrogen-bond acceptors (Lipinski definition) is 2. The van der Waals surface area contributed by atoms with E-state index in [9.17, 15) is 0 Å². The Morgan fingerprint density at radius 2 is 2.27 bits per heavy atom. The van der Waals surface area contributed by atoms with Crippen LogP contribution >= 0.6 is 0 Å². The van der Waals surface area contributed by atoms with Crippen molar-refractivity contribution in [3.05, 3.63) is 35.4 Å². The first kappa shape index (κ1) is 10.7. The van der Waals surface area contributed by atoms with E-state index in [2.05, 4.69) is 41.8 Å². The zero-order valence-electron chi connectivity index (χ0n) is 9.42. The predicted molar refractivity (Wildman–Crippen MR) is 64.1 cm³/mol. The Bertz CT molecular complexity index is 309. The van der Waals surface area contributed by atoms with Gasteiger partial charge in [-0.15, -0.1) is 0 Å². The van der Waals surface area contributed by atoms with Gasteiger partial charge in [0.2, 0.25) is 0 Å². The Morgan fingerprint density at radius 3 is 3.13 bits per heavy atom. The summed E-state index contributed by atoms with van der Waals surface area (Å²) in [5, 5.41) is 7.05. The van der Waals surface area contributed by atoms with Crippen molar-refractivity contribution in [1.29, 1.82) is 0 Å². The summed E-state index contributed by atoms with van der Waals surface area (Å²) >= 11 is 0. The van der Waals surface area contributed by atoms with E-state index in [0.29, 0.717) is 6.04 Å². The maximum absolute atomic E-state index is 3.57. The van der Waals surface area contributed by atoms with Gasteiger partial charge in [-0.25, -0.2) is 0 Å². The molecule has 0 amide bonds. The molecule has 2 nitrogen and oxygen atoms in total. The van der Waals surface area contributed by atoms with Gasteiger partial charge in [0.15, 0.2) is 0 Å². The second-order valence-corrected chi connectivity index (χ2v) is 4.16. The van der Waals surface area contributed by atoms with Crippen LogP contribution in [0, 0.1) is 0 Å². The lowest BCUT2D eigenvalue weighted by Gasteiger charge is -2.27. The van der Waals surface area contributed by atoms with Crippen molar-refractivity contribution in [1.82, 2.24) is 10.6 Å². The van der Waals surface area contributed by atoms with E-state index < -0.39 is 0 Å². The normalized spacial score (nSPS) is 19.9. The Balaban J connectivity index is 2.02. The molecule has 15 heavy (non-hydrogen) atoms. The summed E-state index contributed by atoms with van der Waals surface area (Å²) in [6.45, 7) is 5.47. The second kappa shape index (κ2) is 5.29. The molecular formula is C13H20N2. The molecule has 1 heterocycles. The molecule has 0 spiro atoms. The van der Waals surface area contributed by atoms with E-state index >= 15 is 0 Å². The monoisotopic (exact) mass is 204 g/mol. The molecule has 0 bridgehead atoms. The maximum Gasteiger partial charge on any atom is 0.0449 e. The van der Waals surface area contributed by atoms with Gasteiger partial charge in [-0.1, -0.05) is 31.2 Å². The van der Waals surface area contributed by atoms with Crippen LogP contribution in [0.25, 0.3) is 0 Å². The minimum absolute atomic E-state index is 0.501. The van der Waals surface area contributed by atoms with Crippen molar-refractivity contribution in [2.24, 2.45) is 0 Å². The zero-order valence-corrected chi connectivity index (χ0v) is 9.42. The highest BCUT2D eigenvalue weighted by Crippen LogP contribution is 2.21. The van der Waals surface area contributed by atoms with Crippen LogP contribution < -0.4 is 10.6 Å². The molecular weight excluding hydrogens is 184 g/mol. The highest BCUT2D eigenvalue weighted by Gasteiger charge is 2.17. The van der Waals surface area contributed by atoms with Crippen LogP contribution in [0.4, 0.5) is 0 Å². The van der Waals surface area contributed by atoms with Crippen LogP contribution in [0.15, 0.2) is 24.3 Å². The van der Waals surface area contributed by atoms with E-state index in [1.807, 2.05) is 0 Å². The summed E-state index contributed by atoms with van der Waals surface area (Å²) in [5.41, 5.74) is 2.99. The van der Waals surface area contributed by atoms with Gasteiger partial charge in [-0.2, -0.15) is 0 Å². The summed E-state index contributed by atoms with van der Waals surface area (Å²) in [5.74, 6) is 0. The number of benzene rings is 1. The van der Waals surface area contributed by atoms with E-state index in [4.69, 9.17) is 0 Å². The Labute approximate surface area is 92.1 Å². The fourth-order valence-electron chi connectivity index (χ4n) is 2.20. The molecule has 1 aliphatic heterocycles. The zero-order chi connectivity index (χ0) is 10.5. The van der Waals surface area contributed by atoms with Crippen molar-refractivity contribution >= 4 is 0 Å². The van der Waals surface area contributed by atoms with Crippen LogP contribution in [0.3, 0.4) is 0 Å². The second-order valence-electron chi connectivity index (χ2n) is 4.16. The van der Waals surface area contributed by atoms with Gasteiger partial charge < -0.3 is 10.6 Å². The molecule has 0 saturated heterocycles. The van der Waals surface area contributed by atoms with Gasteiger partial charge >= 0.3 is 0 Å². The average molecular weight is 204 g/mol. The molecule has 2 rings (SSSR count). The topological polar surface area (TPSA) is 24.1 Å². The molecule has 1 unspecified atom stereocenters. The van der Waals surface area contributed by atoms with Gasteiger partial charge in [0.1, 0.15) is 0 Å². The molecule has 0 aromatic heterocycles. The first-order chi connectivity index (χ1) is 7.42. The van der Waals surface area contributed by atoms with Crippen molar-refractivity contribution in [2.75, 3.05) is 19.6 Å². The summed E-state index contributed by atoms with van der Waals surface area (Å²) in [6, 6.07) is 9.28. The molecule has 1 aromatic rings. The smallest absolute Gasteiger partial charge is 0.0449 e. The molecule has 2 heteroatoms. The highest BCUT2D eigenvalue weighted by molar-refractivity contribution is 5.32. The lowest BCUT2D eigenvalue weighted by molar-refractivity contribution is 0.468. The lowest BCUT2D eigenvalue weighted by Crippen LogP contribution is -2.36. The molecule has 2 N–H and O–H groups in total. The third-order valence-corrected chi connectivity index (χ3v) is 2.99. The van der Waals surface area contributed by atoms with E-state index in [0.717, 1.165) is 19.6 Å². The van der Waals surface area contributed by atoms with Crippen LogP contribution in [0.5, 0.6) is 0 Å². The Morgan fingerprint density at radius 1 is 1.40 bits per heavy atom. The van der Waals surface area contributed by atoms with Crippen molar-refractivity contribution < 1.29 is 0 Å². The SMILES string of the molecule is CCCNCC1NCCc2ccccc21. The molecule has 1 aliphatic rings. The Kier molecular flexibility index (Phi) is 3.75. The molecule has 1 aromatic carbocycles. The number of fused-ring (bicyclic) bond motifs is 1. The third-order valence-electron chi connectivity index (χ3n) is 2.99. The average Bonchev–Trinajstić information content (AvgIpc) is 2.30. The molecule has 0 fully saturated rings. The minimum atomic E-state index is 0.501. The third kappa shape index (κ3) is 2.58. The lowest BCUT2D eigenvalue weighted by atomic mass is 9.94. The number of hydrogen-bond donors (Lipinski definition) is 2. The number of rotatable bonds is 4. The van der Waals surface area contributed by atoms with Gasteiger partial charge in [0.05, 0.1) is 0 Å². The van der Waals surface area contributed by atoms with Crippen LogP contribution in [-0.2, 0) is 6.42 Å². The van der Waals surface area contributed by atoms with Crippen molar-refractivity contribution in [3.8, 4) is 0 Å². The number of nitrogens with one attached hydrogen (secondary N) is 2. The molecule has 0 aliphatic carbocycles. The van der Waals surface area contributed by atoms with Gasteiger partial charge in [-0.3, -0.25) is 0 Å². The minimum Gasteiger partial charge on any atom is -0.315 e. The van der Waals surface area contributed by atoms with Crippen molar-refractivity contribution in [2.45, 2.75) is 25.8 Å². The highest BCUT2D eigenvalue weighted by atomic mass is 15.0. The van der Waals surface area contributed by atoms with Crippen molar-refractivity contribution in [3.63, 3.8) is 0 Å². The summed E-state index contributed by atoms with van der Waals surface area (Å²) in [4.78, 5) is 0. The van der Waals surface area contributed by atoms with Crippen LogP contribution in [0.2, 0.25) is 0 Å². The first-order valence-electron chi connectivity index (χ1n) is 5.93. The van der Waals surface area contributed by atoms with Gasteiger partial charge in [-0.05, 0) is 37.1 Å². The van der Waals surface area contributed by atoms with E-state index in [1.54, 1.807) is 0 Å². The quantitative estimate of drug-likeness (QED) is 0.732. The van der Waals surface area contributed by atoms with E-state index in [1.165, 1.54) is 24.0 Å². The molecule has 0 radical (unpaired) electrons. The summed E-state index contributed by atoms with van der Waals surface area (Å²) < 4.78 is 0. The molecule has 82 valence electrons. The predicted octanol–water partition coefficient (Wildman–Crippen LogP) is 1.87. The summed E-state index contributed by atoms with van der Waals surface area (Å²) in [6.07, 6.45) is 2.37. The first-order valence-corrected chi connectivity index (χ1v) is 5.93. The van der Waals surface area contributed by atoms with Crippen LogP contribution in [-0.4, -0.2) is 19.6 Å². The maximum atomic E-state index is 3.57. The largest absolute Gasteiger partial charge is 0.315 e. The van der Waals surface area contributed by atoms with Gasteiger partial charge in [0, 0.05) is 12.6 Å². The fraction of sp³-hybridized carbons (Fsp3) is 0.538.